The van der Waals surface area contributed by atoms with Crippen molar-refractivity contribution in [2.45, 2.75) is 31.8 Å². The van der Waals surface area contributed by atoms with E-state index in [4.69, 9.17) is 16.3 Å². The maximum Gasteiger partial charge on any atom is 0.321 e. The number of carbonyl (C=O) groups is 1. The molecular weight excluding hydrogens is 290 g/mol. The number of carboxylic acid groups (broad SMARTS) is 1. The van der Waals surface area contributed by atoms with Crippen molar-refractivity contribution >= 4 is 17.6 Å². The lowest BCUT2D eigenvalue weighted by atomic mass is 9.94. The van der Waals surface area contributed by atoms with Crippen molar-refractivity contribution in [2.75, 3.05) is 13.7 Å². The average Bonchev–Trinajstić information content (AvgIpc) is 3.00. The maximum atomic E-state index is 11.7. The Morgan fingerprint density at radius 3 is 3.00 bits per heavy atom. The molecular formula is C16H20ClNO3. The van der Waals surface area contributed by atoms with E-state index in [1.54, 1.807) is 7.11 Å². The van der Waals surface area contributed by atoms with Crippen LogP contribution in [0.15, 0.2) is 18.2 Å². The zero-order valence-corrected chi connectivity index (χ0v) is 12.8. The lowest BCUT2D eigenvalue weighted by Gasteiger charge is -2.25. The van der Waals surface area contributed by atoms with Gasteiger partial charge in [0.05, 0.1) is 7.11 Å². The topological polar surface area (TPSA) is 49.8 Å². The van der Waals surface area contributed by atoms with Crippen LogP contribution in [-0.2, 0) is 11.3 Å². The molecule has 1 aliphatic carbocycles. The zero-order valence-electron chi connectivity index (χ0n) is 12.1. The fraction of sp³-hybridized carbons (Fsp3) is 0.562. The Labute approximate surface area is 129 Å². The molecule has 0 amide bonds. The number of ether oxygens (including phenoxy) is 1. The monoisotopic (exact) mass is 309 g/mol. The molecule has 114 valence electrons. The smallest absolute Gasteiger partial charge is 0.321 e. The normalized spacial score (nSPS) is 28.6. The van der Waals surface area contributed by atoms with Gasteiger partial charge in [0.15, 0.2) is 0 Å². The highest BCUT2D eigenvalue weighted by molar-refractivity contribution is 6.31. The Kier molecular flexibility index (Phi) is 4.09. The van der Waals surface area contributed by atoms with Crippen LogP contribution >= 0.6 is 11.6 Å². The molecule has 0 bridgehead atoms. The largest absolute Gasteiger partial charge is 0.496 e. The second kappa shape index (κ2) is 5.85. The van der Waals surface area contributed by atoms with Gasteiger partial charge in [-0.3, -0.25) is 9.69 Å². The fourth-order valence-corrected chi connectivity index (χ4v) is 4.21. The third-order valence-electron chi connectivity index (χ3n) is 4.90. The quantitative estimate of drug-likeness (QED) is 0.929. The predicted octanol–water partition coefficient (Wildman–Crippen LogP) is 3.03. The van der Waals surface area contributed by atoms with E-state index in [1.165, 1.54) is 0 Å². The van der Waals surface area contributed by atoms with Gasteiger partial charge in [0.1, 0.15) is 11.8 Å². The van der Waals surface area contributed by atoms with E-state index in [-0.39, 0.29) is 5.92 Å². The lowest BCUT2D eigenvalue weighted by molar-refractivity contribution is -0.143. The SMILES string of the molecule is COc1cccc(Cl)c1CN1CC2CCCC2C1C(=O)O. The molecule has 4 nitrogen and oxygen atoms in total. The number of hydrogen-bond acceptors (Lipinski definition) is 3. The molecule has 2 aliphatic rings. The molecule has 0 spiro atoms. The van der Waals surface area contributed by atoms with Crippen LogP contribution in [0.1, 0.15) is 24.8 Å². The van der Waals surface area contributed by atoms with Gasteiger partial charge in [-0.1, -0.05) is 24.1 Å². The molecule has 0 radical (unpaired) electrons. The van der Waals surface area contributed by atoms with Gasteiger partial charge >= 0.3 is 5.97 Å². The van der Waals surface area contributed by atoms with Gasteiger partial charge in [-0.15, -0.1) is 0 Å². The maximum absolute atomic E-state index is 11.7. The van der Waals surface area contributed by atoms with Crippen LogP contribution in [0.25, 0.3) is 0 Å². The summed E-state index contributed by atoms with van der Waals surface area (Å²) in [6, 6.07) is 5.15. The first-order valence-electron chi connectivity index (χ1n) is 7.40. The molecule has 2 fully saturated rings. The first-order valence-corrected chi connectivity index (χ1v) is 7.78. The molecule has 1 saturated carbocycles. The number of hydrogen-bond donors (Lipinski definition) is 1. The summed E-state index contributed by atoms with van der Waals surface area (Å²) in [5.74, 6) is 0.815. The second-order valence-corrected chi connectivity index (χ2v) is 6.40. The van der Waals surface area contributed by atoms with E-state index in [9.17, 15) is 9.90 Å². The number of likely N-dealkylation sites (tertiary alicyclic amines) is 1. The first-order chi connectivity index (χ1) is 10.1. The van der Waals surface area contributed by atoms with Gasteiger partial charge in [-0.05, 0) is 36.8 Å². The predicted molar refractivity (Wildman–Crippen MR) is 80.7 cm³/mol. The van der Waals surface area contributed by atoms with Crippen LogP contribution in [0.2, 0.25) is 5.02 Å². The molecule has 1 saturated heterocycles. The summed E-state index contributed by atoms with van der Waals surface area (Å²) >= 11 is 6.28. The molecule has 0 aromatic heterocycles. The fourth-order valence-electron chi connectivity index (χ4n) is 3.98. The van der Waals surface area contributed by atoms with Crippen molar-refractivity contribution in [1.82, 2.24) is 4.90 Å². The van der Waals surface area contributed by atoms with Crippen LogP contribution in [0, 0.1) is 11.8 Å². The van der Waals surface area contributed by atoms with Crippen molar-refractivity contribution in [3.05, 3.63) is 28.8 Å². The Morgan fingerprint density at radius 2 is 2.29 bits per heavy atom. The number of halogens is 1. The van der Waals surface area contributed by atoms with E-state index in [1.807, 2.05) is 18.2 Å². The van der Waals surface area contributed by atoms with E-state index in [0.29, 0.717) is 17.5 Å². The summed E-state index contributed by atoms with van der Waals surface area (Å²) in [5, 5.41) is 10.2. The van der Waals surface area contributed by atoms with Crippen molar-refractivity contribution in [3.8, 4) is 5.75 Å². The van der Waals surface area contributed by atoms with Gasteiger partial charge < -0.3 is 9.84 Å². The number of benzene rings is 1. The highest BCUT2D eigenvalue weighted by atomic mass is 35.5. The Bertz CT molecular complexity index is 548. The summed E-state index contributed by atoms with van der Waals surface area (Å²) in [4.78, 5) is 13.7. The summed E-state index contributed by atoms with van der Waals surface area (Å²) in [6.45, 7) is 1.38. The third kappa shape index (κ3) is 2.62. The summed E-state index contributed by atoms with van der Waals surface area (Å²) < 4.78 is 5.37. The van der Waals surface area contributed by atoms with Crippen molar-refractivity contribution in [2.24, 2.45) is 11.8 Å². The van der Waals surface area contributed by atoms with Crippen LogP contribution in [0.4, 0.5) is 0 Å². The van der Waals surface area contributed by atoms with Crippen molar-refractivity contribution in [1.29, 1.82) is 0 Å². The van der Waals surface area contributed by atoms with Gasteiger partial charge in [0.2, 0.25) is 0 Å². The van der Waals surface area contributed by atoms with E-state index < -0.39 is 12.0 Å². The molecule has 1 aromatic rings. The number of nitrogens with zero attached hydrogens (tertiary/aromatic N) is 1. The Morgan fingerprint density at radius 1 is 1.48 bits per heavy atom. The first kappa shape index (κ1) is 14.7. The second-order valence-electron chi connectivity index (χ2n) is 5.99. The number of aliphatic carboxylic acids is 1. The molecule has 3 unspecified atom stereocenters. The molecule has 21 heavy (non-hydrogen) atoms. The highest BCUT2D eigenvalue weighted by Crippen LogP contribution is 2.43. The van der Waals surface area contributed by atoms with E-state index in [0.717, 1.165) is 37.1 Å². The Balaban J connectivity index is 1.86. The van der Waals surface area contributed by atoms with Crippen molar-refractivity contribution in [3.63, 3.8) is 0 Å². The molecule has 3 atom stereocenters. The van der Waals surface area contributed by atoms with Crippen LogP contribution in [-0.4, -0.2) is 35.7 Å². The molecule has 3 rings (SSSR count). The number of fused-ring (bicyclic) bond motifs is 1. The third-order valence-corrected chi connectivity index (χ3v) is 5.25. The molecule has 1 aromatic carbocycles. The van der Waals surface area contributed by atoms with Crippen molar-refractivity contribution < 1.29 is 14.6 Å². The average molecular weight is 310 g/mol. The standard InChI is InChI=1S/C16H20ClNO3/c1-21-14-7-3-6-13(17)12(14)9-18-8-10-4-2-5-11(10)15(18)16(19)20/h3,6-7,10-11,15H,2,4-5,8-9H2,1H3,(H,19,20). The summed E-state index contributed by atoms with van der Waals surface area (Å²) in [6.07, 6.45) is 3.32. The lowest BCUT2D eigenvalue weighted by Crippen LogP contribution is -2.39. The minimum atomic E-state index is -0.713. The molecule has 1 N–H and O–H groups in total. The van der Waals surface area contributed by atoms with Crippen LogP contribution in [0.5, 0.6) is 5.75 Å². The van der Waals surface area contributed by atoms with Gasteiger partial charge in [-0.25, -0.2) is 0 Å². The summed E-state index contributed by atoms with van der Waals surface area (Å²) in [5.41, 5.74) is 0.882. The minimum Gasteiger partial charge on any atom is -0.496 e. The van der Waals surface area contributed by atoms with Gasteiger partial charge in [0, 0.05) is 23.7 Å². The molecule has 5 heteroatoms. The number of carboxylic acids is 1. The number of methoxy groups -OCH3 is 1. The van der Waals surface area contributed by atoms with Gasteiger partial charge in [-0.2, -0.15) is 0 Å². The summed E-state index contributed by atoms with van der Waals surface area (Å²) in [7, 11) is 1.61. The minimum absolute atomic E-state index is 0.288. The van der Waals surface area contributed by atoms with E-state index >= 15 is 0 Å². The van der Waals surface area contributed by atoms with Crippen LogP contribution in [0.3, 0.4) is 0 Å². The highest BCUT2D eigenvalue weighted by Gasteiger charge is 2.47. The zero-order chi connectivity index (χ0) is 15.0. The molecule has 1 heterocycles. The number of rotatable bonds is 4. The van der Waals surface area contributed by atoms with Gasteiger partial charge in [0.25, 0.3) is 0 Å². The van der Waals surface area contributed by atoms with Crippen LogP contribution < -0.4 is 4.74 Å². The Hall–Kier alpha value is -1.26. The molecule has 1 aliphatic heterocycles. The van der Waals surface area contributed by atoms with E-state index in [2.05, 4.69) is 4.90 Å².